The van der Waals surface area contributed by atoms with Gasteiger partial charge in [0, 0.05) is 58.2 Å². The van der Waals surface area contributed by atoms with Crippen LogP contribution >= 0.6 is 38.6 Å². The van der Waals surface area contributed by atoms with E-state index in [2.05, 4.69) is 190 Å². The van der Waals surface area contributed by atoms with Crippen LogP contribution in [-0.2, 0) is 0 Å². The maximum Gasteiger partial charge on any atom is 0.0640 e. The second-order valence-corrected chi connectivity index (χ2v) is 14.5. The fraction of sp³-hybridized carbons (Fsp3) is 0. The van der Waals surface area contributed by atoms with E-state index in [9.17, 15) is 0 Å². The van der Waals surface area contributed by atoms with Crippen molar-refractivity contribution >= 4 is 113 Å². The summed E-state index contributed by atoms with van der Waals surface area (Å²) in [6.45, 7) is 0. The Kier molecular flexibility index (Phi) is 7.04. The number of benzene rings is 7. The number of rotatable bonds is 6. The molecule has 0 aliphatic rings. The Morgan fingerprint density at radius 2 is 0.787 bits per heavy atom. The Hall–Kier alpha value is -4.94. The third-order valence-corrected chi connectivity index (χ3v) is 11.5. The maximum absolute atomic E-state index is 3.95. The molecule has 0 atom stereocenters. The zero-order valence-corrected chi connectivity index (χ0v) is 28.4. The summed E-state index contributed by atoms with van der Waals surface area (Å²) in [4.78, 5) is 4.80. The van der Waals surface area contributed by atoms with Gasteiger partial charge in [-0.25, -0.2) is 0 Å². The lowest BCUT2D eigenvalue weighted by Crippen LogP contribution is -2.13. The number of fused-ring (bicyclic) bond motifs is 6. The highest BCUT2D eigenvalue weighted by molar-refractivity contribution is 9.10. The van der Waals surface area contributed by atoms with Gasteiger partial charge < -0.3 is 9.80 Å². The molecule has 0 aliphatic heterocycles. The molecule has 7 aromatic carbocycles. The maximum atomic E-state index is 3.95. The Morgan fingerprint density at radius 1 is 0.362 bits per heavy atom. The van der Waals surface area contributed by atoms with Crippen molar-refractivity contribution in [2.45, 2.75) is 0 Å². The monoisotopic (exact) mass is 702 g/mol. The first-order valence-corrected chi connectivity index (χ1v) is 18.0. The van der Waals surface area contributed by atoms with Crippen LogP contribution in [0.3, 0.4) is 0 Å². The summed E-state index contributed by atoms with van der Waals surface area (Å²) < 4.78 is 6.15. The van der Waals surface area contributed by atoms with Crippen LogP contribution in [0.1, 0.15) is 0 Å². The van der Waals surface area contributed by atoms with E-state index in [0.717, 1.165) is 27.2 Å². The third-order valence-electron chi connectivity index (χ3n) is 8.66. The van der Waals surface area contributed by atoms with Crippen LogP contribution < -0.4 is 9.80 Å². The van der Waals surface area contributed by atoms with E-state index in [4.69, 9.17) is 0 Å². The quantitative estimate of drug-likeness (QED) is 0.170. The molecular weight excluding hydrogens is 677 g/mol. The van der Waals surface area contributed by atoms with Gasteiger partial charge in [0.2, 0.25) is 0 Å². The minimum Gasteiger partial charge on any atom is -0.310 e. The fourth-order valence-corrected chi connectivity index (χ4v) is 9.53. The highest BCUT2D eigenvalue weighted by Gasteiger charge is 2.23. The van der Waals surface area contributed by atoms with Crippen molar-refractivity contribution in [2.24, 2.45) is 0 Å². The van der Waals surface area contributed by atoms with Crippen LogP contribution in [0.5, 0.6) is 0 Å². The first-order chi connectivity index (χ1) is 23.2. The minimum absolute atomic E-state index is 1.01. The van der Waals surface area contributed by atoms with Crippen molar-refractivity contribution in [2.75, 3.05) is 9.80 Å². The van der Waals surface area contributed by atoms with Crippen molar-refractivity contribution in [1.29, 1.82) is 0 Å². The zero-order valence-electron chi connectivity index (χ0n) is 25.2. The number of nitrogens with zero attached hydrogens (tertiary/aromatic N) is 2. The van der Waals surface area contributed by atoms with Gasteiger partial charge in [0.05, 0.1) is 20.8 Å². The molecule has 0 saturated carbocycles. The fourth-order valence-electron chi connectivity index (χ4n) is 6.64. The number of anilines is 6. The third kappa shape index (κ3) is 4.90. The Morgan fingerprint density at radius 3 is 1.30 bits per heavy atom. The lowest BCUT2D eigenvalue weighted by Gasteiger charge is -2.30. The molecule has 0 fully saturated rings. The van der Waals surface area contributed by atoms with Gasteiger partial charge in [-0.3, -0.25) is 0 Å². The molecule has 0 N–H and O–H groups in total. The first kappa shape index (κ1) is 28.3. The second kappa shape index (κ2) is 11.7. The number of para-hydroxylation sites is 2. The highest BCUT2D eigenvalue weighted by Crippen LogP contribution is 2.50. The number of hydrogen-bond donors (Lipinski definition) is 0. The van der Waals surface area contributed by atoms with Crippen LogP contribution in [0.2, 0.25) is 0 Å². The van der Waals surface area contributed by atoms with Gasteiger partial charge in [0.1, 0.15) is 0 Å². The number of hydrogen-bond acceptors (Lipinski definition) is 4. The SMILES string of the molecule is Brc1cc(N(c2ccccc2)c2ccccc2)cc(N(c2cccc3c2sc2ccccc23)c2cccc3c2sc2ccccc23)c1. The normalized spacial score (nSPS) is 11.5. The van der Waals surface area contributed by atoms with E-state index >= 15 is 0 Å². The standard InChI is InChI=1S/C42H27BrN2S2/c43-28-25-31(44(29-13-3-1-4-14-29)30-15-5-2-6-16-30)27-32(26-28)45(37-21-11-19-35-33-17-7-9-23-39(33)46-41(35)37)38-22-12-20-36-34-18-8-10-24-40(34)47-42(36)38/h1-27H. The molecule has 0 unspecified atom stereocenters. The van der Waals surface area contributed by atoms with Crippen molar-refractivity contribution in [3.8, 4) is 0 Å². The molecule has 2 aromatic heterocycles. The topological polar surface area (TPSA) is 6.48 Å². The van der Waals surface area contributed by atoms with Gasteiger partial charge in [-0.2, -0.15) is 0 Å². The van der Waals surface area contributed by atoms with Crippen LogP contribution in [0.25, 0.3) is 40.3 Å². The van der Waals surface area contributed by atoms with Crippen molar-refractivity contribution in [3.05, 3.63) is 168 Å². The van der Waals surface area contributed by atoms with E-state index in [0.29, 0.717) is 0 Å². The smallest absolute Gasteiger partial charge is 0.0640 e. The van der Waals surface area contributed by atoms with Gasteiger partial charge in [0.25, 0.3) is 0 Å². The number of thiophene rings is 2. The van der Waals surface area contributed by atoms with Gasteiger partial charge in [0.15, 0.2) is 0 Å². The molecule has 9 aromatic rings. The average molecular weight is 704 g/mol. The molecule has 2 nitrogen and oxygen atoms in total. The second-order valence-electron chi connectivity index (χ2n) is 11.5. The lowest BCUT2D eigenvalue weighted by atomic mass is 10.1. The summed E-state index contributed by atoms with van der Waals surface area (Å²) in [6, 6.07) is 58.9. The molecule has 2 heterocycles. The predicted molar refractivity (Wildman–Crippen MR) is 209 cm³/mol. The molecule has 0 aliphatic carbocycles. The van der Waals surface area contributed by atoms with Gasteiger partial charge in [-0.05, 0) is 66.7 Å². The van der Waals surface area contributed by atoms with Gasteiger partial charge >= 0.3 is 0 Å². The van der Waals surface area contributed by atoms with Crippen molar-refractivity contribution in [3.63, 3.8) is 0 Å². The van der Waals surface area contributed by atoms with Crippen LogP contribution in [0.15, 0.2) is 168 Å². The molecule has 5 heteroatoms. The van der Waals surface area contributed by atoms with Crippen molar-refractivity contribution < 1.29 is 0 Å². The van der Waals surface area contributed by atoms with E-state index in [1.54, 1.807) is 0 Å². The number of halogens is 1. The summed E-state index contributed by atoms with van der Waals surface area (Å²) in [5, 5.41) is 5.15. The Balaban J connectivity index is 1.34. The largest absolute Gasteiger partial charge is 0.310 e. The van der Waals surface area contributed by atoms with E-state index < -0.39 is 0 Å². The summed E-state index contributed by atoms with van der Waals surface area (Å²) in [7, 11) is 0. The van der Waals surface area contributed by atoms with E-state index in [1.807, 2.05) is 22.7 Å². The summed E-state index contributed by atoms with van der Waals surface area (Å²) in [5.41, 5.74) is 6.71. The zero-order chi connectivity index (χ0) is 31.3. The summed E-state index contributed by atoms with van der Waals surface area (Å²) in [6.07, 6.45) is 0. The Labute approximate surface area is 289 Å². The first-order valence-electron chi connectivity index (χ1n) is 15.5. The van der Waals surface area contributed by atoms with Crippen LogP contribution in [-0.4, -0.2) is 0 Å². The minimum atomic E-state index is 1.01. The molecule has 47 heavy (non-hydrogen) atoms. The summed E-state index contributed by atoms with van der Waals surface area (Å²) >= 11 is 7.68. The van der Waals surface area contributed by atoms with Crippen molar-refractivity contribution in [1.82, 2.24) is 0 Å². The molecule has 0 spiro atoms. The molecule has 224 valence electrons. The highest BCUT2D eigenvalue weighted by atomic mass is 79.9. The van der Waals surface area contributed by atoms with Gasteiger partial charge in [-0.1, -0.05) is 113 Å². The molecular formula is C42H27BrN2S2. The van der Waals surface area contributed by atoms with E-state index in [1.165, 1.54) is 51.7 Å². The predicted octanol–water partition coefficient (Wildman–Crippen LogP) is 14.1. The van der Waals surface area contributed by atoms with E-state index in [-0.39, 0.29) is 0 Å². The molecule has 0 radical (unpaired) electrons. The summed E-state index contributed by atoms with van der Waals surface area (Å²) in [5.74, 6) is 0. The molecule has 0 amide bonds. The van der Waals surface area contributed by atoms with Crippen LogP contribution in [0.4, 0.5) is 34.1 Å². The van der Waals surface area contributed by atoms with Gasteiger partial charge in [-0.15, -0.1) is 22.7 Å². The Bertz CT molecular complexity index is 2400. The average Bonchev–Trinajstić information content (AvgIpc) is 3.69. The molecule has 9 rings (SSSR count). The van der Waals surface area contributed by atoms with Crippen LogP contribution in [0, 0.1) is 0 Å². The molecule has 0 bridgehead atoms. The lowest BCUT2D eigenvalue weighted by molar-refractivity contribution is 1.26. The molecule has 0 saturated heterocycles.